The normalized spacial score (nSPS) is 13.3. The molecule has 3 rings (SSSR count). The Morgan fingerprint density at radius 2 is 1.80 bits per heavy atom. The Morgan fingerprint density at radius 3 is 2.48 bits per heavy atom. The first-order valence-corrected chi connectivity index (χ1v) is 8.45. The fourth-order valence-corrected chi connectivity index (χ4v) is 3.09. The van der Waals surface area contributed by atoms with Gasteiger partial charge in [-0.1, -0.05) is 23.2 Å². The molecule has 1 aromatic heterocycles. The first-order valence-electron chi connectivity index (χ1n) is 7.69. The molecule has 1 N–H and O–H groups in total. The van der Waals surface area contributed by atoms with Crippen LogP contribution in [0.5, 0.6) is 0 Å². The third-order valence-electron chi connectivity index (χ3n) is 4.06. The van der Waals surface area contributed by atoms with Crippen molar-refractivity contribution in [1.29, 1.82) is 0 Å². The van der Waals surface area contributed by atoms with Gasteiger partial charge in [0.05, 0.1) is 44.1 Å². The molecule has 0 saturated carbocycles. The van der Waals surface area contributed by atoms with Gasteiger partial charge < -0.3 is 22.2 Å². The zero-order valence-corrected chi connectivity index (χ0v) is 16.5. The quantitative estimate of drug-likeness (QED) is 0.689. The molecule has 2 heterocycles. The number of nitrogens with zero attached hydrogens (tertiary/aromatic N) is 3. The maximum absolute atomic E-state index is 13.2. The molecule has 0 saturated heterocycles. The van der Waals surface area contributed by atoms with Gasteiger partial charge in [-0.3, -0.25) is 9.69 Å². The second-order valence-corrected chi connectivity index (χ2v) is 6.93. The monoisotopic (exact) mass is 400 g/mol. The maximum Gasteiger partial charge on any atom is 0.260 e. The third-order valence-corrected chi connectivity index (χ3v) is 4.51. The largest absolute Gasteiger partial charge is 1.00 e. The van der Waals surface area contributed by atoms with Crippen LogP contribution in [0.4, 0.5) is 17.2 Å². The molecule has 0 fully saturated rings. The number of rotatable bonds is 3. The molecule has 134 valence electrons. The predicted octanol–water partition coefficient (Wildman–Crippen LogP) is -0.735. The minimum absolute atomic E-state index is 0. The van der Waals surface area contributed by atoms with E-state index in [1.165, 1.54) is 4.90 Å². The van der Waals surface area contributed by atoms with Crippen molar-refractivity contribution in [3.63, 3.8) is 0 Å². The maximum atomic E-state index is 13.2. The molecule has 0 bridgehead atoms. The van der Waals surface area contributed by atoms with Gasteiger partial charge in [-0.15, -0.1) is 0 Å². The minimum atomic E-state index is -0.0801. The van der Waals surface area contributed by atoms with Gasteiger partial charge in [-0.25, -0.2) is 4.98 Å². The van der Waals surface area contributed by atoms with E-state index >= 15 is 0 Å². The predicted molar refractivity (Wildman–Crippen MR) is 98.1 cm³/mol. The summed E-state index contributed by atoms with van der Waals surface area (Å²) in [5.74, 6) is 0.578. The number of hydrogen-bond donors (Lipinski definition) is 1. The highest BCUT2D eigenvalue weighted by Crippen LogP contribution is 2.39. The summed E-state index contributed by atoms with van der Waals surface area (Å²) < 4.78 is 0. The van der Waals surface area contributed by atoms with Crippen LogP contribution < -0.4 is 27.1 Å². The summed E-state index contributed by atoms with van der Waals surface area (Å²) in [6.45, 7) is 1.39. The van der Waals surface area contributed by atoms with E-state index in [4.69, 9.17) is 23.2 Å². The van der Waals surface area contributed by atoms with Crippen LogP contribution in [0.1, 0.15) is 10.4 Å². The lowest BCUT2D eigenvalue weighted by Crippen LogP contribution is -3.06. The average molecular weight is 402 g/mol. The van der Waals surface area contributed by atoms with Crippen molar-refractivity contribution >= 4 is 46.3 Å². The van der Waals surface area contributed by atoms with Crippen molar-refractivity contribution in [3.8, 4) is 0 Å². The van der Waals surface area contributed by atoms with Crippen LogP contribution >= 0.6 is 23.2 Å². The van der Waals surface area contributed by atoms with E-state index in [9.17, 15) is 4.79 Å². The lowest BCUT2D eigenvalue weighted by molar-refractivity contribution is -0.856. The van der Waals surface area contributed by atoms with Crippen LogP contribution in [0.15, 0.2) is 30.3 Å². The van der Waals surface area contributed by atoms with Gasteiger partial charge in [0.15, 0.2) is 5.82 Å². The van der Waals surface area contributed by atoms with Crippen molar-refractivity contribution < 1.29 is 22.1 Å². The lowest BCUT2D eigenvalue weighted by Gasteiger charge is -2.24. The summed E-state index contributed by atoms with van der Waals surface area (Å²) in [6.07, 6.45) is 0. The van der Waals surface area contributed by atoms with Crippen LogP contribution in [0, 0.1) is 0 Å². The minimum Gasteiger partial charge on any atom is -1.00 e. The molecule has 1 aliphatic heterocycles. The average Bonchev–Trinajstić information content (AvgIpc) is 2.61. The van der Waals surface area contributed by atoms with E-state index < -0.39 is 0 Å². The highest BCUT2D eigenvalue weighted by atomic mass is 35.5. The molecule has 2 aromatic rings. The fourth-order valence-electron chi connectivity index (χ4n) is 2.77. The van der Waals surface area contributed by atoms with Crippen molar-refractivity contribution in [2.45, 2.75) is 0 Å². The van der Waals surface area contributed by atoms with Crippen LogP contribution in [-0.2, 0) is 0 Å². The van der Waals surface area contributed by atoms with Crippen LogP contribution in [-0.4, -0.2) is 45.1 Å². The van der Waals surface area contributed by atoms with E-state index in [1.807, 2.05) is 24.1 Å². The lowest BCUT2D eigenvalue weighted by atomic mass is 10.1. The first-order chi connectivity index (χ1) is 11.4. The number of hydrogen-bond acceptors (Lipinski definition) is 3. The highest BCUT2D eigenvalue weighted by Gasteiger charge is 2.31. The second-order valence-electron chi connectivity index (χ2n) is 6.11. The van der Waals surface area contributed by atoms with E-state index in [2.05, 4.69) is 19.1 Å². The number of halogens is 3. The molecule has 25 heavy (non-hydrogen) atoms. The third kappa shape index (κ3) is 3.85. The number of carbonyl (C=O) groups is 1. The molecule has 1 aromatic carbocycles. The van der Waals surface area contributed by atoms with Crippen molar-refractivity contribution in [2.75, 3.05) is 44.0 Å². The second kappa shape index (κ2) is 7.79. The SMILES string of the molecule is CN1c2ccc(Cl)cc2C(=O)N(CC[NH+](C)C)c2ccc(Cl)nc21.[Cl-]. The zero-order valence-electron chi connectivity index (χ0n) is 14.2. The number of carbonyl (C=O) groups excluding carboxylic acids is 1. The van der Waals surface area contributed by atoms with Crippen molar-refractivity contribution in [3.05, 3.63) is 46.1 Å². The Hall–Kier alpha value is -1.53. The van der Waals surface area contributed by atoms with Gasteiger partial charge in [-0.2, -0.15) is 0 Å². The Morgan fingerprint density at radius 1 is 1.12 bits per heavy atom. The molecule has 0 unspecified atom stereocenters. The summed E-state index contributed by atoms with van der Waals surface area (Å²) in [6, 6.07) is 8.87. The molecular formula is C17H19Cl3N4O. The number of benzene rings is 1. The van der Waals surface area contributed by atoms with E-state index in [-0.39, 0.29) is 18.3 Å². The number of quaternary nitrogens is 1. The summed E-state index contributed by atoms with van der Waals surface area (Å²) >= 11 is 12.2. The number of anilines is 3. The van der Waals surface area contributed by atoms with Gasteiger partial charge >= 0.3 is 0 Å². The number of nitrogens with one attached hydrogen (secondary N) is 1. The molecule has 1 amide bonds. The van der Waals surface area contributed by atoms with Gasteiger partial charge in [0.25, 0.3) is 5.91 Å². The van der Waals surface area contributed by atoms with Crippen LogP contribution in [0.3, 0.4) is 0 Å². The van der Waals surface area contributed by atoms with E-state index in [0.717, 1.165) is 17.9 Å². The molecule has 0 atom stereocenters. The van der Waals surface area contributed by atoms with Gasteiger partial charge in [0.2, 0.25) is 0 Å². The zero-order chi connectivity index (χ0) is 17.4. The summed E-state index contributed by atoms with van der Waals surface area (Å²) in [4.78, 5) is 22.5. The fraction of sp³-hybridized carbons (Fsp3) is 0.294. The Balaban J connectivity index is 0.00000225. The number of pyridine rings is 1. The van der Waals surface area contributed by atoms with Crippen molar-refractivity contribution in [2.24, 2.45) is 0 Å². The highest BCUT2D eigenvalue weighted by molar-refractivity contribution is 6.31. The van der Waals surface area contributed by atoms with Gasteiger partial charge in [0.1, 0.15) is 5.15 Å². The Bertz CT molecular complexity index is 797. The number of aromatic nitrogens is 1. The molecule has 5 nitrogen and oxygen atoms in total. The van der Waals surface area contributed by atoms with Gasteiger partial charge in [-0.05, 0) is 30.3 Å². The van der Waals surface area contributed by atoms with Gasteiger partial charge in [0, 0.05) is 12.1 Å². The summed E-state index contributed by atoms with van der Waals surface area (Å²) in [7, 11) is 5.99. The van der Waals surface area contributed by atoms with Crippen LogP contribution in [0.2, 0.25) is 10.2 Å². The summed E-state index contributed by atoms with van der Waals surface area (Å²) in [5, 5.41) is 0.925. The topological polar surface area (TPSA) is 40.9 Å². The van der Waals surface area contributed by atoms with E-state index in [0.29, 0.717) is 28.1 Å². The number of fused-ring (bicyclic) bond motifs is 2. The Labute approximate surface area is 163 Å². The number of likely N-dealkylation sites (N-methyl/N-ethyl adjacent to an activating group) is 1. The standard InChI is InChI=1S/C17H18Cl2N4O.ClH/c1-21(2)8-9-23-14-6-7-15(19)20-16(14)22(3)13-5-4-11(18)10-12(13)17(23)24;/h4-7,10H,8-9H2,1-3H3;1H. The molecule has 0 spiro atoms. The first kappa shape index (κ1) is 19.8. The molecule has 1 aliphatic rings. The smallest absolute Gasteiger partial charge is 0.260 e. The summed E-state index contributed by atoms with van der Waals surface area (Å²) in [5.41, 5.74) is 2.08. The van der Waals surface area contributed by atoms with Crippen LogP contribution in [0.25, 0.3) is 0 Å². The molecule has 0 aliphatic carbocycles. The molecular weight excluding hydrogens is 383 g/mol. The van der Waals surface area contributed by atoms with Crippen molar-refractivity contribution in [1.82, 2.24) is 4.98 Å². The van der Waals surface area contributed by atoms with E-state index in [1.54, 1.807) is 23.1 Å². The number of amides is 1. The molecule has 8 heteroatoms. The molecule has 0 radical (unpaired) electrons. The Kier molecular flexibility index (Phi) is 6.16.